The number of carbonyl (C=O) groups is 1. The number of allylic oxidation sites excluding steroid dienone is 2. The van der Waals surface area contributed by atoms with Gasteiger partial charge in [-0.3, -0.25) is 4.79 Å². The molecule has 0 aliphatic carbocycles. The van der Waals surface area contributed by atoms with Gasteiger partial charge in [-0.05, 0) is 25.5 Å². The molecule has 3 heteroatoms. The zero-order valence-corrected chi connectivity index (χ0v) is 9.60. The van der Waals surface area contributed by atoms with E-state index in [1.807, 2.05) is 31.2 Å². The summed E-state index contributed by atoms with van der Waals surface area (Å²) in [7, 11) is 0. The van der Waals surface area contributed by atoms with Crippen LogP contribution in [0.5, 0.6) is 0 Å². The summed E-state index contributed by atoms with van der Waals surface area (Å²) in [5.74, 6) is -0.159. The SMILES string of the molecule is CC(N)=CC(=O)CC(O)c1ccc(C)cc1. The second-order valence-electron chi connectivity index (χ2n) is 3.99. The topological polar surface area (TPSA) is 63.3 Å². The maximum absolute atomic E-state index is 11.4. The highest BCUT2D eigenvalue weighted by molar-refractivity contribution is 5.90. The van der Waals surface area contributed by atoms with Gasteiger partial charge in [-0.25, -0.2) is 0 Å². The molecule has 1 aromatic carbocycles. The largest absolute Gasteiger partial charge is 0.402 e. The molecule has 0 radical (unpaired) electrons. The van der Waals surface area contributed by atoms with Crippen molar-refractivity contribution in [2.75, 3.05) is 0 Å². The molecule has 0 aromatic heterocycles. The molecule has 1 aromatic rings. The molecule has 0 bridgehead atoms. The van der Waals surface area contributed by atoms with Crippen molar-refractivity contribution < 1.29 is 9.90 Å². The smallest absolute Gasteiger partial charge is 0.160 e. The number of ketones is 1. The van der Waals surface area contributed by atoms with Gasteiger partial charge in [0.1, 0.15) is 0 Å². The molecule has 0 spiro atoms. The van der Waals surface area contributed by atoms with Gasteiger partial charge >= 0.3 is 0 Å². The van der Waals surface area contributed by atoms with Crippen LogP contribution in [0.1, 0.15) is 30.6 Å². The molecule has 0 saturated heterocycles. The first-order valence-corrected chi connectivity index (χ1v) is 5.20. The van der Waals surface area contributed by atoms with E-state index in [0.717, 1.165) is 11.1 Å². The van der Waals surface area contributed by atoms with Crippen LogP contribution < -0.4 is 5.73 Å². The summed E-state index contributed by atoms with van der Waals surface area (Å²) in [4.78, 5) is 11.4. The standard InChI is InChI=1S/C13H17NO2/c1-9-3-5-11(6-4-9)13(16)8-12(15)7-10(2)14/h3-7,13,16H,8,14H2,1-2H3. The fourth-order valence-corrected chi connectivity index (χ4v) is 1.41. The second kappa shape index (κ2) is 5.47. The van der Waals surface area contributed by atoms with E-state index in [1.165, 1.54) is 6.08 Å². The molecule has 86 valence electrons. The second-order valence-corrected chi connectivity index (χ2v) is 3.99. The predicted molar refractivity (Wildman–Crippen MR) is 63.7 cm³/mol. The highest BCUT2D eigenvalue weighted by atomic mass is 16.3. The number of hydrogen-bond donors (Lipinski definition) is 2. The molecule has 0 fully saturated rings. The Morgan fingerprint density at radius 2 is 2.00 bits per heavy atom. The normalized spacial score (nSPS) is 13.6. The van der Waals surface area contributed by atoms with Crippen molar-refractivity contribution >= 4 is 5.78 Å². The van der Waals surface area contributed by atoms with E-state index >= 15 is 0 Å². The van der Waals surface area contributed by atoms with Gasteiger partial charge in [-0.1, -0.05) is 29.8 Å². The molecule has 16 heavy (non-hydrogen) atoms. The van der Waals surface area contributed by atoms with Crippen LogP contribution in [0, 0.1) is 6.92 Å². The van der Waals surface area contributed by atoms with Gasteiger partial charge in [-0.2, -0.15) is 0 Å². The van der Waals surface area contributed by atoms with E-state index in [0.29, 0.717) is 5.70 Å². The number of carbonyl (C=O) groups excluding carboxylic acids is 1. The molecule has 0 heterocycles. The predicted octanol–water partition coefficient (Wildman–Crippen LogP) is 1.85. The Kier molecular flexibility index (Phi) is 4.26. The Hall–Kier alpha value is -1.61. The average molecular weight is 219 g/mol. The zero-order valence-electron chi connectivity index (χ0n) is 9.60. The van der Waals surface area contributed by atoms with Gasteiger partial charge in [0, 0.05) is 12.1 Å². The van der Waals surface area contributed by atoms with Crippen LogP contribution in [-0.4, -0.2) is 10.9 Å². The Morgan fingerprint density at radius 1 is 1.44 bits per heavy atom. The van der Waals surface area contributed by atoms with Crippen molar-refractivity contribution in [2.45, 2.75) is 26.4 Å². The van der Waals surface area contributed by atoms with Gasteiger partial charge in [0.05, 0.1) is 6.10 Å². The van der Waals surface area contributed by atoms with Crippen LogP contribution in [-0.2, 0) is 4.79 Å². The molecule has 1 rings (SSSR count). The van der Waals surface area contributed by atoms with E-state index in [2.05, 4.69) is 0 Å². The minimum Gasteiger partial charge on any atom is -0.402 e. The molecular formula is C13H17NO2. The van der Waals surface area contributed by atoms with Crippen LogP contribution in [0.25, 0.3) is 0 Å². The lowest BCUT2D eigenvalue weighted by atomic mass is 10.0. The van der Waals surface area contributed by atoms with Crippen molar-refractivity contribution in [1.82, 2.24) is 0 Å². The maximum Gasteiger partial charge on any atom is 0.160 e. The molecule has 3 N–H and O–H groups in total. The molecular weight excluding hydrogens is 202 g/mol. The van der Waals surface area contributed by atoms with Crippen molar-refractivity contribution in [3.8, 4) is 0 Å². The number of aliphatic hydroxyl groups excluding tert-OH is 1. The fraction of sp³-hybridized carbons (Fsp3) is 0.308. The first kappa shape index (κ1) is 12.5. The zero-order chi connectivity index (χ0) is 12.1. The Bertz CT molecular complexity index is 389. The number of aliphatic hydroxyl groups is 1. The highest BCUT2D eigenvalue weighted by Crippen LogP contribution is 2.17. The molecule has 0 aliphatic heterocycles. The molecule has 0 aliphatic rings. The molecule has 1 atom stereocenters. The molecule has 3 nitrogen and oxygen atoms in total. The third kappa shape index (κ3) is 3.87. The van der Waals surface area contributed by atoms with Crippen molar-refractivity contribution in [3.05, 3.63) is 47.2 Å². The van der Waals surface area contributed by atoms with Gasteiger partial charge in [-0.15, -0.1) is 0 Å². The maximum atomic E-state index is 11.4. The summed E-state index contributed by atoms with van der Waals surface area (Å²) < 4.78 is 0. The van der Waals surface area contributed by atoms with Crippen LogP contribution >= 0.6 is 0 Å². The summed E-state index contributed by atoms with van der Waals surface area (Å²) in [6.07, 6.45) is 0.651. The summed E-state index contributed by atoms with van der Waals surface area (Å²) in [6, 6.07) is 7.47. The first-order chi connectivity index (χ1) is 7.49. The summed E-state index contributed by atoms with van der Waals surface area (Å²) in [6.45, 7) is 3.62. The first-order valence-electron chi connectivity index (χ1n) is 5.20. The lowest BCUT2D eigenvalue weighted by molar-refractivity contribution is -0.116. The summed E-state index contributed by atoms with van der Waals surface area (Å²) >= 11 is 0. The number of aryl methyl sites for hydroxylation is 1. The van der Waals surface area contributed by atoms with Gasteiger partial charge < -0.3 is 10.8 Å². The Balaban J connectivity index is 2.65. The van der Waals surface area contributed by atoms with E-state index < -0.39 is 6.10 Å². The van der Waals surface area contributed by atoms with Crippen molar-refractivity contribution in [3.63, 3.8) is 0 Å². The van der Waals surface area contributed by atoms with Crippen molar-refractivity contribution in [1.29, 1.82) is 0 Å². The molecule has 0 saturated carbocycles. The molecule has 0 amide bonds. The van der Waals surface area contributed by atoms with E-state index in [9.17, 15) is 9.90 Å². The Morgan fingerprint density at radius 3 is 2.50 bits per heavy atom. The fourth-order valence-electron chi connectivity index (χ4n) is 1.41. The van der Waals surface area contributed by atoms with Gasteiger partial charge in [0.25, 0.3) is 0 Å². The van der Waals surface area contributed by atoms with E-state index in [4.69, 9.17) is 5.73 Å². The third-order valence-electron chi connectivity index (χ3n) is 2.25. The summed E-state index contributed by atoms with van der Waals surface area (Å²) in [5, 5.41) is 9.80. The van der Waals surface area contributed by atoms with Gasteiger partial charge in [0.2, 0.25) is 0 Å². The highest BCUT2D eigenvalue weighted by Gasteiger charge is 2.11. The van der Waals surface area contributed by atoms with Crippen molar-refractivity contribution in [2.24, 2.45) is 5.73 Å². The average Bonchev–Trinajstić information content (AvgIpc) is 2.16. The number of rotatable bonds is 4. The Labute approximate surface area is 95.6 Å². The van der Waals surface area contributed by atoms with Gasteiger partial charge in [0.15, 0.2) is 5.78 Å². The summed E-state index contributed by atoms with van der Waals surface area (Å²) in [5.41, 5.74) is 7.72. The lowest BCUT2D eigenvalue weighted by Gasteiger charge is -2.09. The van der Waals surface area contributed by atoms with Crippen LogP contribution in [0.3, 0.4) is 0 Å². The number of benzene rings is 1. The molecule has 1 unspecified atom stereocenters. The third-order valence-corrected chi connectivity index (χ3v) is 2.25. The van der Waals surface area contributed by atoms with E-state index in [-0.39, 0.29) is 12.2 Å². The monoisotopic (exact) mass is 219 g/mol. The number of hydrogen-bond acceptors (Lipinski definition) is 3. The lowest BCUT2D eigenvalue weighted by Crippen LogP contribution is -2.06. The minimum absolute atomic E-state index is 0.0671. The number of nitrogens with two attached hydrogens (primary N) is 1. The quantitative estimate of drug-likeness (QED) is 0.760. The van der Waals surface area contributed by atoms with Crippen LogP contribution in [0.15, 0.2) is 36.0 Å². The van der Waals surface area contributed by atoms with Crippen LogP contribution in [0.2, 0.25) is 0 Å². The van der Waals surface area contributed by atoms with E-state index in [1.54, 1.807) is 6.92 Å². The van der Waals surface area contributed by atoms with Crippen LogP contribution in [0.4, 0.5) is 0 Å². The minimum atomic E-state index is -0.760.